The van der Waals surface area contributed by atoms with Gasteiger partial charge < -0.3 is 15.0 Å². The Labute approximate surface area is 133 Å². The van der Waals surface area contributed by atoms with E-state index in [1.807, 2.05) is 0 Å². The van der Waals surface area contributed by atoms with Gasteiger partial charge in [-0.25, -0.2) is 14.4 Å². The molecule has 0 atom stereocenters. The van der Waals surface area contributed by atoms with Crippen LogP contribution in [0, 0.1) is 5.82 Å². The molecule has 1 fully saturated rings. The van der Waals surface area contributed by atoms with Crippen LogP contribution in [0.1, 0.15) is 12.8 Å². The van der Waals surface area contributed by atoms with Crippen LogP contribution in [0.15, 0.2) is 36.7 Å². The number of carbonyl (C=O) groups excluding carboxylic acids is 1. The van der Waals surface area contributed by atoms with Crippen molar-refractivity contribution in [3.8, 4) is 5.75 Å². The number of ether oxygens (including phenoxy) is 1. The van der Waals surface area contributed by atoms with Crippen molar-refractivity contribution in [1.82, 2.24) is 9.97 Å². The van der Waals surface area contributed by atoms with E-state index in [-0.39, 0.29) is 12.4 Å². The third-order valence-corrected chi connectivity index (χ3v) is 3.51. The lowest BCUT2D eigenvalue weighted by atomic mass is 10.3. The highest BCUT2D eigenvalue weighted by Crippen LogP contribution is 2.17. The van der Waals surface area contributed by atoms with Crippen LogP contribution in [0.3, 0.4) is 0 Å². The van der Waals surface area contributed by atoms with Crippen LogP contribution in [0.4, 0.5) is 16.0 Å². The summed E-state index contributed by atoms with van der Waals surface area (Å²) in [6.07, 6.45) is 5.41. The van der Waals surface area contributed by atoms with Gasteiger partial charge in [0.25, 0.3) is 5.91 Å². The van der Waals surface area contributed by atoms with Crippen molar-refractivity contribution in [2.45, 2.75) is 12.8 Å². The maximum Gasteiger partial charge on any atom is 0.262 e. The van der Waals surface area contributed by atoms with Crippen molar-refractivity contribution >= 4 is 17.5 Å². The maximum atomic E-state index is 13.4. The van der Waals surface area contributed by atoms with Crippen LogP contribution in [0.2, 0.25) is 0 Å². The van der Waals surface area contributed by atoms with Crippen LogP contribution >= 0.6 is 0 Å². The number of halogens is 1. The van der Waals surface area contributed by atoms with Crippen molar-refractivity contribution in [2.75, 3.05) is 29.9 Å². The highest BCUT2D eigenvalue weighted by molar-refractivity contribution is 5.91. The number of nitrogens with one attached hydrogen (secondary N) is 1. The molecule has 1 N–H and O–H groups in total. The van der Waals surface area contributed by atoms with Crippen LogP contribution in [0.5, 0.6) is 5.75 Å². The second-order valence-corrected chi connectivity index (χ2v) is 5.23. The minimum atomic E-state index is -0.501. The van der Waals surface area contributed by atoms with E-state index in [9.17, 15) is 9.18 Å². The summed E-state index contributed by atoms with van der Waals surface area (Å²) in [4.78, 5) is 22.4. The first-order chi connectivity index (χ1) is 11.2. The Balaban J connectivity index is 1.52. The van der Waals surface area contributed by atoms with E-state index in [1.165, 1.54) is 12.1 Å². The zero-order valence-electron chi connectivity index (χ0n) is 12.5. The van der Waals surface area contributed by atoms with E-state index >= 15 is 0 Å². The summed E-state index contributed by atoms with van der Waals surface area (Å²) in [5, 5.41) is 2.62. The Hall–Kier alpha value is -2.70. The van der Waals surface area contributed by atoms with Gasteiger partial charge in [0, 0.05) is 13.1 Å². The predicted octanol–water partition coefficient (Wildman–Crippen LogP) is 2.23. The van der Waals surface area contributed by atoms with Gasteiger partial charge in [-0.3, -0.25) is 4.79 Å². The largest absolute Gasteiger partial charge is 0.481 e. The van der Waals surface area contributed by atoms with Gasteiger partial charge in [-0.05, 0) is 25.0 Å². The number of hydrogen-bond donors (Lipinski definition) is 1. The van der Waals surface area contributed by atoms with E-state index in [0.29, 0.717) is 11.6 Å². The lowest BCUT2D eigenvalue weighted by Gasteiger charge is -2.14. The summed E-state index contributed by atoms with van der Waals surface area (Å²) in [6, 6.07) is 5.94. The lowest BCUT2D eigenvalue weighted by Crippen LogP contribution is -2.22. The molecular formula is C16H17FN4O2. The fourth-order valence-electron chi connectivity index (χ4n) is 2.37. The van der Waals surface area contributed by atoms with E-state index in [4.69, 9.17) is 4.74 Å². The van der Waals surface area contributed by atoms with Gasteiger partial charge >= 0.3 is 0 Å². The smallest absolute Gasteiger partial charge is 0.262 e. The van der Waals surface area contributed by atoms with Gasteiger partial charge in [0.15, 0.2) is 18.2 Å². The molecule has 120 valence electrons. The molecule has 7 heteroatoms. The van der Waals surface area contributed by atoms with Gasteiger partial charge in [-0.15, -0.1) is 0 Å². The fourth-order valence-corrected chi connectivity index (χ4v) is 2.37. The van der Waals surface area contributed by atoms with Gasteiger partial charge in [0.2, 0.25) is 5.95 Å². The molecule has 23 heavy (non-hydrogen) atoms. The summed E-state index contributed by atoms with van der Waals surface area (Å²) >= 11 is 0. The monoisotopic (exact) mass is 316 g/mol. The van der Waals surface area contributed by atoms with E-state index < -0.39 is 11.7 Å². The average molecular weight is 316 g/mol. The highest BCUT2D eigenvalue weighted by atomic mass is 19.1. The predicted molar refractivity (Wildman–Crippen MR) is 84.0 cm³/mol. The topological polar surface area (TPSA) is 67.3 Å². The Morgan fingerprint density at radius 1 is 1.22 bits per heavy atom. The summed E-state index contributed by atoms with van der Waals surface area (Å²) < 4.78 is 18.5. The summed E-state index contributed by atoms with van der Waals surface area (Å²) in [6.45, 7) is 1.64. The molecule has 1 aliphatic heterocycles. The molecule has 1 aromatic carbocycles. The first-order valence-electron chi connectivity index (χ1n) is 7.46. The van der Waals surface area contributed by atoms with Crippen LogP contribution < -0.4 is 15.0 Å². The second kappa shape index (κ2) is 7.04. The maximum absolute atomic E-state index is 13.4. The van der Waals surface area contributed by atoms with Crippen molar-refractivity contribution in [3.05, 3.63) is 42.5 Å². The molecular weight excluding hydrogens is 299 g/mol. The Morgan fingerprint density at radius 3 is 2.61 bits per heavy atom. The zero-order chi connectivity index (χ0) is 16.1. The molecule has 2 heterocycles. The standard InChI is InChI=1S/C16H17FN4O2/c17-13-5-1-2-6-14(13)23-11-15(22)20-12-9-18-16(19-10-12)21-7-3-4-8-21/h1-2,5-6,9-10H,3-4,7-8,11H2,(H,20,22). The Kier molecular flexibility index (Phi) is 4.65. The van der Waals surface area contributed by atoms with Crippen molar-refractivity contribution in [2.24, 2.45) is 0 Å². The fraction of sp³-hybridized carbons (Fsp3) is 0.312. The molecule has 0 saturated carbocycles. The summed E-state index contributed by atoms with van der Waals surface area (Å²) in [5.41, 5.74) is 0.482. The lowest BCUT2D eigenvalue weighted by molar-refractivity contribution is -0.118. The molecule has 1 aromatic heterocycles. The summed E-state index contributed by atoms with van der Waals surface area (Å²) in [7, 11) is 0. The number of rotatable bonds is 5. The molecule has 2 aromatic rings. The minimum Gasteiger partial charge on any atom is -0.481 e. The Morgan fingerprint density at radius 2 is 1.91 bits per heavy atom. The van der Waals surface area contributed by atoms with Gasteiger partial charge in [0.05, 0.1) is 18.1 Å². The molecule has 1 amide bonds. The Bertz CT molecular complexity index is 672. The molecule has 0 spiro atoms. The van der Waals surface area contributed by atoms with Crippen LogP contribution in [0.25, 0.3) is 0 Å². The third kappa shape index (κ3) is 3.94. The van der Waals surface area contributed by atoms with Crippen molar-refractivity contribution in [3.63, 3.8) is 0 Å². The normalized spacial score (nSPS) is 13.9. The molecule has 6 nitrogen and oxygen atoms in total. The average Bonchev–Trinajstić information content (AvgIpc) is 3.09. The van der Waals surface area contributed by atoms with Gasteiger partial charge in [-0.2, -0.15) is 0 Å². The van der Waals surface area contributed by atoms with E-state index in [2.05, 4.69) is 20.2 Å². The first kappa shape index (κ1) is 15.2. The second-order valence-electron chi connectivity index (χ2n) is 5.23. The molecule has 1 aliphatic rings. The molecule has 0 bridgehead atoms. The minimum absolute atomic E-state index is 0.0447. The number of aromatic nitrogens is 2. The number of para-hydroxylation sites is 1. The number of anilines is 2. The van der Waals surface area contributed by atoms with Gasteiger partial charge in [-0.1, -0.05) is 12.1 Å². The summed E-state index contributed by atoms with van der Waals surface area (Å²) in [5.74, 6) is -0.184. The van der Waals surface area contributed by atoms with Crippen molar-refractivity contribution < 1.29 is 13.9 Å². The third-order valence-electron chi connectivity index (χ3n) is 3.51. The van der Waals surface area contributed by atoms with Crippen LogP contribution in [-0.4, -0.2) is 35.6 Å². The number of hydrogen-bond acceptors (Lipinski definition) is 5. The number of carbonyl (C=O) groups is 1. The number of nitrogens with zero attached hydrogens (tertiary/aromatic N) is 3. The molecule has 0 radical (unpaired) electrons. The highest BCUT2D eigenvalue weighted by Gasteiger charge is 2.14. The van der Waals surface area contributed by atoms with Crippen LogP contribution in [-0.2, 0) is 4.79 Å². The number of benzene rings is 1. The first-order valence-corrected chi connectivity index (χ1v) is 7.46. The molecule has 1 saturated heterocycles. The van der Waals surface area contributed by atoms with E-state index in [0.717, 1.165) is 25.9 Å². The van der Waals surface area contributed by atoms with Crippen molar-refractivity contribution in [1.29, 1.82) is 0 Å². The molecule has 0 aliphatic carbocycles. The molecule has 0 unspecified atom stereocenters. The number of amides is 1. The SMILES string of the molecule is O=C(COc1ccccc1F)Nc1cnc(N2CCCC2)nc1. The quantitative estimate of drug-likeness (QED) is 0.916. The zero-order valence-corrected chi connectivity index (χ0v) is 12.5. The van der Waals surface area contributed by atoms with E-state index in [1.54, 1.807) is 24.5 Å². The molecule has 3 rings (SSSR count). The van der Waals surface area contributed by atoms with Gasteiger partial charge in [0.1, 0.15) is 0 Å².